The summed E-state index contributed by atoms with van der Waals surface area (Å²) < 4.78 is 7.20. The maximum Gasteiger partial charge on any atom is 0.226 e. The molecule has 2 aromatic heterocycles. The second kappa shape index (κ2) is 8.14. The summed E-state index contributed by atoms with van der Waals surface area (Å²) in [5.41, 5.74) is 3.21. The van der Waals surface area contributed by atoms with E-state index in [4.69, 9.17) is 16.1 Å². The first-order chi connectivity index (χ1) is 13.6. The van der Waals surface area contributed by atoms with Gasteiger partial charge in [0.05, 0.1) is 12.2 Å². The van der Waals surface area contributed by atoms with Crippen molar-refractivity contribution >= 4 is 17.5 Å². The second-order valence-corrected chi connectivity index (χ2v) is 7.49. The molecule has 4 rings (SSSR count). The molecular weight excluding hydrogens is 378 g/mol. The molecule has 0 saturated carbocycles. The Morgan fingerprint density at radius 1 is 1.36 bits per heavy atom. The molecule has 146 valence electrons. The van der Waals surface area contributed by atoms with Crippen LogP contribution < -0.4 is 5.32 Å². The summed E-state index contributed by atoms with van der Waals surface area (Å²) >= 11 is 5.89. The van der Waals surface area contributed by atoms with Gasteiger partial charge >= 0.3 is 0 Å². The van der Waals surface area contributed by atoms with E-state index in [1.165, 1.54) is 5.69 Å². The number of aromatic nitrogens is 4. The summed E-state index contributed by atoms with van der Waals surface area (Å²) in [6, 6.07) is 7.33. The van der Waals surface area contributed by atoms with Crippen molar-refractivity contribution < 1.29 is 9.32 Å². The Bertz CT molecular complexity index is 963. The highest BCUT2D eigenvalue weighted by molar-refractivity contribution is 6.30. The van der Waals surface area contributed by atoms with Crippen LogP contribution >= 0.6 is 11.6 Å². The quantitative estimate of drug-likeness (QED) is 0.683. The number of carbonyl (C=O) groups excluding carboxylic acids is 1. The number of halogens is 1. The molecule has 28 heavy (non-hydrogen) atoms. The molecule has 8 heteroatoms. The van der Waals surface area contributed by atoms with Gasteiger partial charge in [0.2, 0.25) is 17.6 Å². The highest BCUT2D eigenvalue weighted by Gasteiger charge is 2.24. The number of nitrogens with zero attached hydrogens (tertiary/aromatic N) is 4. The van der Waals surface area contributed by atoms with Crippen molar-refractivity contribution in [2.45, 2.75) is 44.6 Å². The molecule has 1 amide bonds. The molecule has 0 saturated heterocycles. The van der Waals surface area contributed by atoms with Gasteiger partial charge in [-0.25, -0.2) is 0 Å². The zero-order chi connectivity index (χ0) is 19.5. The van der Waals surface area contributed by atoms with Crippen LogP contribution in [0.4, 0.5) is 0 Å². The zero-order valence-electron chi connectivity index (χ0n) is 15.7. The molecule has 1 aromatic carbocycles. The molecule has 7 nitrogen and oxygen atoms in total. The summed E-state index contributed by atoms with van der Waals surface area (Å²) in [6.45, 7) is 0. The molecule has 0 radical (unpaired) electrons. The molecule has 3 aromatic rings. The van der Waals surface area contributed by atoms with E-state index in [-0.39, 0.29) is 11.9 Å². The Morgan fingerprint density at radius 3 is 3.00 bits per heavy atom. The van der Waals surface area contributed by atoms with E-state index < -0.39 is 0 Å². The fourth-order valence-electron chi connectivity index (χ4n) is 3.60. The summed E-state index contributed by atoms with van der Waals surface area (Å²) in [4.78, 5) is 16.8. The van der Waals surface area contributed by atoms with Crippen LogP contribution in [-0.4, -0.2) is 25.8 Å². The minimum absolute atomic E-state index is 0.0409. The Morgan fingerprint density at radius 2 is 2.18 bits per heavy atom. The maximum absolute atomic E-state index is 12.4. The smallest absolute Gasteiger partial charge is 0.226 e. The van der Waals surface area contributed by atoms with Crippen LogP contribution in [0.2, 0.25) is 5.02 Å². The molecule has 1 aliphatic rings. The third-order valence-electron chi connectivity index (χ3n) is 5.08. The number of hydrogen-bond donors (Lipinski definition) is 1. The SMILES string of the molecule is Cn1ncc2c1CCCC2NC(=O)CCCc1nc(-c2ccc(Cl)cc2)no1. The zero-order valence-corrected chi connectivity index (χ0v) is 16.4. The summed E-state index contributed by atoms with van der Waals surface area (Å²) in [7, 11) is 1.95. The number of rotatable bonds is 6. The first kappa shape index (κ1) is 18.7. The monoisotopic (exact) mass is 399 g/mol. The van der Waals surface area contributed by atoms with E-state index in [2.05, 4.69) is 20.6 Å². The Labute approximate surface area is 168 Å². The van der Waals surface area contributed by atoms with Crippen molar-refractivity contribution in [2.75, 3.05) is 0 Å². The van der Waals surface area contributed by atoms with E-state index in [0.717, 1.165) is 30.4 Å². The number of fused-ring (bicyclic) bond motifs is 1. The van der Waals surface area contributed by atoms with Crippen molar-refractivity contribution in [3.8, 4) is 11.4 Å². The molecule has 0 spiro atoms. The van der Waals surface area contributed by atoms with Gasteiger partial charge in [-0.15, -0.1) is 0 Å². The molecule has 1 atom stereocenters. The highest BCUT2D eigenvalue weighted by Crippen LogP contribution is 2.29. The first-order valence-electron chi connectivity index (χ1n) is 9.49. The summed E-state index contributed by atoms with van der Waals surface area (Å²) in [5, 5.41) is 12.1. The molecule has 0 fully saturated rings. The van der Waals surface area contributed by atoms with Gasteiger partial charge in [0.25, 0.3) is 0 Å². The van der Waals surface area contributed by atoms with Crippen LogP contribution in [0.15, 0.2) is 35.0 Å². The van der Waals surface area contributed by atoms with Crippen LogP contribution in [0.3, 0.4) is 0 Å². The largest absolute Gasteiger partial charge is 0.349 e. The third kappa shape index (κ3) is 4.09. The number of hydrogen-bond acceptors (Lipinski definition) is 5. The second-order valence-electron chi connectivity index (χ2n) is 7.05. The predicted octanol–water partition coefficient (Wildman–Crippen LogP) is 3.64. The van der Waals surface area contributed by atoms with Crippen molar-refractivity contribution in [1.29, 1.82) is 0 Å². The normalized spacial score (nSPS) is 16.0. The molecule has 0 aliphatic heterocycles. The Balaban J connectivity index is 1.28. The lowest BCUT2D eigenvalue weighted by atomic mass is 9.93. The minimum atomic E-state index is 0.0409. The highest BCUT2D eigenvalue weighted by atomic mass is 35.5. The van der Waals surface area contributed by atoms with E-state index in [9.17, 15) is 4.79 Å². The van der Waals surface area contributed by atoms with Crippen LogP contribution in [0, 0.1) is 0 Å². The van der Waals surface area contributed by atoms with Crippen LogP contribution in [0.5, 0.6) is 0 Å². The van der Waals surface area contributed by atoms with Crippen LogP contribution in [-0.2, 0) is 24.7 Å². The summed E-state index contributed by atoms with van der Waals surface area (Å²) in [6.07, 6.45) is 6.55. The molecule has 2 heterocycles. The number of benzene rings is 1. The first-order valence-corrected chi connectivity index (χ1v) is 9.86. The number of aryl methyl sites for hydroxylation is 2. The van der Waals surface area contributed by atoms with Crippen LogP contribution in [0.1, 0.15) is 48.9 Å². The van der Waals surface area contributed by atoms with E-state index >= 15 is 0 Å². The number of carbonyl (C=O) groups is 1. The van der Waals surface area contributed by atoms with E-state index in [1.54, 1.807) is 12.1 Å². The van der Waals surface area contributed by atoms with E-state index in [1.807, 2.05) is 30.1 Å². The Hall–Kier alpha value is -2.67. The average Bonchev–Trinajstić information content (AvgIpc) is 3.30. The fraction of sp³-hybridized carbons (Fsp3) is 0.400. The van der Waals surface area contributed by atoms with Crippen molar-refractivity contribution in [2.24, 2.45) is 7.05 Å². The van der Waals surface area contributed by atoms with Gasteiger partial charge in [-0.05, 0) is 49.9 Å². The lowest BCUT2D eigenvalue weighted by Gasteiger charge is -2.23. The third-order valence-corrected chi connectivity index (χ3v) is 5.33. The average molecular weight is 400 g/mol. The van der Waals surface area contributed by atoms with Gasteiger partial charge in [-0.2, -0.15) is 10.1 Å². The minimum Gasteiger partial charge on any atom is -0.349 e. The van der Waals surface area contributed by atoms with Crippen molar-refractivity contribution in [3.05, 3.63) is 52.6 Å². The molecule has 1 unspecified atom stereocenters. The van der Waals surface area contributed by atoms with Gasteiger partial charge in [0.1, 0.15) is 0 Å². The van der Waals surface area contributed by atoms with Gasteiger partial charge in [-0.3, -0.25) is 9.48 Å². The van der Waals surface area contributed by atoms with Crippen LogP contribution in [0.25, 0.3) is 11.4 Å². The van der Waals surface area contributed by atoms with Gasteiger partial charge < -0.3 is 9.84 Å². The topological polar surface area (TPSA) is 85.8 Å². The lowest BCUT2D eigenvalue weighted by Crippen LogP contribution is -2.30. The fourth-order valence-corrected chi connectivity index (χ4v) is 3.72. The van der Waals surface area contributed by atoms with Gasteiger partial charge in [-0.1, -0.05) is 16.8 Å². The predicted molar refractivity (Wildman–Crippen MR) is 105 cm³/mol. The van der Waals surface area contributed by atoms with Crippen molar-refractivity contribution in [3.63, 3.8) is 0 Å². The maximum atomic E-state index is 12.4. The Kier molecular flexibility index (Phi) is 5.43. The van der Waals surface area contributed by atoms with Gasteiger partial charge in [0.15, 0.2) is 0 Å². The number of amides is 1. The van der Waals surface area contributed by atoms with Gasteiger partial charge in [0, 0.05) is 41.7 Å². The number of nitrogens with one attached hydrogen (secondary N) is 1. The molecule has 1 aliphatic carbocycles. The lowest BCUT2D eigenvalue weighted by molar-refractivity contribution is -0.122. The molecule has 0 bridgehead atoms. The standard InChI is InChI=1S/C20H22ClN5O2/c1-26-17-5-2-4-16(15(17)12-22-26)23-18(27)6-3-7-19-24-20(25-28-19)13-8-10-14(21)11-9-13/h8-12,16H,2-7H2,1H3,(H,23,27). The molecule has 1 N–H and O–H groups in total. The molecular formula is C20H22ClN5O2. The van der Waals surface area contributed by atoms with Crippen molar-refractivity contribution in [1.82, 2.24) is 25.2 Å². The summed E-state index contributed by atoms with van der Waals surface area (Å²) in [5.74, 6) is 1.10. The van der Waals surface area contributed by atoms with E-state index in [0.29, 0.717) is 36.0 Å².